The minimum absolute atomic E-state index is 0.0532. The lowest BCUT2D eigenvalue weighted by molar-refractivity contribution is -0.135. The van der Waals surface area contributed by atoms with Gasteiger partial charge >= 0.3 is 6.03 Å². The van der Waals surface area contributed by atoms with E-state index < -0.39 is 0 Å². The predicted octanol–water partition coefficient (Wildman–Crippen LogP) is 4.23. The van der Waals surface area contributed by atoms with E-state index in [1.54, 1.807) is 0 Å². The van der Waals surface area contributed by atoms with Crippen molar-refractivity contribution in [3.63, 3.8) is 0 Å². The second-order valence-electron chi connectivity index (χ2n) is 10.1. The standard InChI is InChI=1S/C24H40N4O3/c1-17(2)25-23(30)26-19-10-11-21(27(6)7)18(13-19)15-28(16-20-9-8-12-31-20)22(29)14-24(3,4)5/h10-11,13,17,20H,8-9,12,14-16H2,1-7H3,(H2,25,26,30)/t20-/m1/s1. The second-order valence-corrected chi connectivity index (χ2v) is 10.1. The van der Waals surface area contributed by atoms with Gasteiger partial charge in [-0.05, 0) is 55.9 Å². The molecule has 1 aromatic carbocycles. The van der Waals surface area contributed by atoms with Crippen LogP contribution in [0.3, 0.4) is 0 Å². The summed E-state index contributed by atoms with van der Waals surface area (Å²) >= 11 is 0. The summed E-state index contributed by atoms with van der Waals surface area (Å²) in [4.78, 5) is 29.3. The Balaban J connectivity index is 2.27. The molecule has 1 aliphatic rings. The lowest BCUT2D eigenvalue weighted by atomic mass is 9.91. The largest absolute Gasteiger partial charge is 0.377 e. The second kappa shape index (κ2) is 10.8. The molecule has 1 saturated heterocycles. The van der Waals surface area contributed by atoms with Crippen LogP contribution in [-0.4, -0.2) is 56.2 Å². The summed E-state index contributed by atoms with van der Waals surface area (Å²) < 4.78 is 5.82. The van der Waals surface area contributed by atoms with Gasteiger partial charge in [0.1, 0.15) is 0 Å². The number of carbonyl (C=O) groups is 2. The Morgan fingerprint density at radius 3 is 2.48 bits per heavy atom. The molecule has 1 fully saturated rings. The summed E-state index contributed by atoms with van der Waals surface area (Å²) in [6.45, 7) is 11.9. The lowest BCUT2D eigenvalue weighted by Crippen LogP contribution is -2.39. The Kier molecular flexibility index (Phi) is 8.74. The maximum absolute atomic E-state index is 13.2. The molecule has 7 heteroatoms. The Bertz CT molecular complexity index is 750. The van der Waals surface area contributed by atoms with Crippen molar-refractivity contribution in [2.45, 2.75) is 72.6 Å². The zero-order valence-corrected chi connectivity index (χ0v) is 20.2. The van der Waals surface area contributed by atoms with E-state index in [4.69, 9.17) is 4.74 Å². The van der Waals surface area contributed by atoms with Gasteiger partial charge in [-0.15, -0.1) is 0 Å². The highest BCUT2D eigenvalue weighted by Gasteiger charge is 2.26. The third-order valence-electron chi connectivity index (χ3n) is 5.08. The lowest BCUT2D eigenvalue weighted by Gasteiger charge is -2.30. The Morgan fingerprint density at radius 2 is 1.94 bits per heavy atom. The molecule has 0 unspecified atom stereocenters. The summed E-state index contributed by atoms with van der Waals surface area (Å²) in [5.74, 6) is 0.128. The smallest absolute Gasteiger partial charge is 0.319 e. The summed E-state index contributed by atoms with van der Waals surface area (Å²) in [7, 11) is 3.97. The monoisotopic (exact) mass is 432 g/mol. The minimum Gasteiger partial charge on any atom is -0.377 e. The highest BCUT2D eigenvalue weighted by atomic mass is 16.5. The molecule has 3 amide bonds. The predicted molar refractivity (Wildman–Crippen MR) is 127 cm³/mol. The molecule has 174 valence electrons. The van der Waals surface area contributed by atoms with Gasteiger partial charge in [0.15, 0.2) is 0 Å². The van der Waals surface area contributed by atoms with Crippen molar-refractivity contribution in [3.8, 4) is 0 Å². The molecule has 31 heavy (non-hydrogen) atoms. The maximum atomic E-state index is 13.2. The van der Waals surface area contributed by atoms with E-state index in [9.17, 15) is 9.59 Å². The van der Waals surface area contributed by atoms with Gasteiger partial charge in [0.25, 0.3) is 0 Å². The number of hydrogen-bond donors (Lipinski definition) is 2. The number of nitrogens with one attached hydrogen (secondary N) is 2. The average Bonchev–Trinajstić information content (AvgIpc) is 3.12. The van der Waals surface area contributed by atoms with Crippen molar-refractivity contribution in [1.29, 1.82) is 0 Å². The Labute approximate surface area is 187 Å². The minimum atomic E-state index is -0.237. The van der Waals surface area contributed by atoms with Crippen LogP contribution >= 0.6 is 0 Å². The average molecular weight is 433 g/mol. The molecular formula is C24H40N4O3. The number of ether oxygens (including phenoxy) is 1. The van der Waals surface area contributed by atoms with Crippen molar-refractivity contribution in [3.05, 3.63) is 23.8 Å². The molecule has 2 rings (SSSR count). The molecule has 0 radical (unpaired) electrons. The van der Waals surface area contributed by atoms with Crippen LogP contribution in [0.1, 0.15) is 59.4 Å². The van der Waals surface area contributed by atoms with Gasteiger partial charge < -0.3 is 25.2 Å². The first-order chi connectivity index (χ1) is 14.4. The van der Waals surface area contributed by atoms with Crippen molar-refractivity contribution in [2.24, 2.45) is 5.41 Å². The van der Waals surface area contributed by atoms with Crippen LogP contribution in [0.2, 0.25) is 0 Å². The van der Waals surface area contributed by atoms with Crippen molar-refractivity contribution in [2.75, 3.05) is 37.5 Å². The third kappa shape index (κ3) is 8.40. The van der Waals surface area contributed by atoms with Gasteiger partial charge in [-0.2, -0.15) is 0 Å². The normalized spacial score (nSPS) is 16.3. The first-order valence-electron chi connectivity index (χ1n) is 11.2. The van der Waals surface area contributed by atoms with Crippen LogP contribution in [0.15, 0.2) is 18.2 Å². The zero-order valence-electron chi connectivity index (χ0n) is 20.2. The van der Waals surface area contributed by atoms with E-state index in [1.165, 1.54) is 0 Å². The molecule has 0 bridgehead atoms. The van der Waals surface area contributed by atoms with Gasteiger partial charge in [-0.1, -0.05) is 20.8 Å². The molecule has 0 saturated carbocycles. The van der Waals surface area contributed by atoms with E-state index in [-0.39, 0.29) is 29.5 Å². The third-order valence-corrected chi connectivity index (χ3v) is 5.08. The van der Waals surface area contributed by atoms with Crippen LogP contribution in [0.25, 0.3) is 0 Å². The van der Waals surface area contributed by atoms with Gasteiger partial charge in [0.2, 0.25) is 5.91 Å². The number of anilines is 2. The summed E-state index contributed by atoms with van der Waals surface area (Å²) in [5, 5.41) is 5.74. The quantitative estimate of drug-likeness (QED) is 0.645. The molecule has 1 heterocycles. The molecule has 1 atom stereocenters. The van der Waals surface area contributed by atoms with Gasteiger partial charge in [-0.25, -0.2) is 4.79 Å². The van der Waals surface area contributed by atoms with E-state index in [2.05, 4.69) is 31.4 Å². The molecule has 2 N–H and O–H groups in total. The van der Waals surface area contributed by atoms with Gasteiger partial charge in [0, 0.05) is 57.6 Å². The molecule has 0 aromatic heterocycles. The number of nitrogens with zero attached hydrogens (tertiary/aromatic N) is 2. The summed E-state index contributed by atoms with van der Waals surface area (Å²) in [6, 6.07) is 5.65. The van der Waals surface area contributed by atoms with E-state index in [0.29, 0.717) is 25.2 Å². The Hall–Kier alpha value is -2.28. The zero-order chi connectivity index (χ0) is 23.2. The Morgan fingerprint density at radius 1 is 1.23 bits per heavy atom. The van der Waals surface area contributed by atoms with Crippen LogP contribution in [0.4, 0.5) is 16.2 Å². The highest BCUT2D eigenvalue weighted by molar-refractivity contribution is 5.90. The first-order valence-corrected chi connectivity index (χ1v) is 11.2. The number of hydrogen-bond acceptors (Lipinski definition) is 4. The number of rotatable bonds is 8. The van der Waals surface area contributed by atoms with Crippen LogP contribution in [0, 0.1) is 5.41 Å². The number of amides is 3. The number of carbonyl (C=O) groups excluding carboxylic acids is 2. The number of benzene rings is 1. The van der Waals surface area contributed by atoms with Crippen LogP contribution in [-0.2, 0) is 16.1 Å². The molecule has 0 aliphatic carbocycles. The van der Waals surface area contributed by atoms with Crippen molar-refractivity contribution >= 4 is 23.3 Å². The fourth-order valence-electron chi connectivity index (χ4n) is 3.72. The summed E-state index contributed by atoms with van der Waals surface area (Å²) in [6.07, 6.45) is 2.59. The van der Waals surface area contributed by atoms with E-state index >= 15 is 0 Å². The number of urea groups is 1. The topological polar surface area (TPSA) is 73.9 Å². The molecule has 1 aromatic rings. The van der Waals surface area contributed by atoms with E-state index in [0.717, 1.165) is 30.7 Å². The highest BCUT2D eigenvalue weighted by Crippen LogP contribution is 2.27. The maximum Gasteiger partial charge on any atom is 0.319 e. The van der Waals surface area contributed by atoms with Crippen molar-refractivity contribution < 1.29 is 14.3 Å². The fraction of sp³-hybridized carbons (Fsp3) is 0.667. The van der Waals surface area contributed by atoms with Crippen molar-refractivity contribution in [1.82, 2.24) is 10.2 Å². The molecule has 1 aliphatic heterocycles. The molecular weight excluding hydrogens is 392 g/mol. The molecule has 7 nitrogen and oxygen atoms in total. The van der Waals surface area contributed by atoms with Gasteiger partial charge in [-0.3, -0.25) is 4.79 Å². The fourth-order valence-corrected chi connectivity index (χ4v) is 3.72. The summed E-state index contributed by atoms with van der Waals surface area (Å²) in [5.41, 5.74) is 2.64. The SMILES string of the molecule is CC(C)NC(=O)Nc1ccc(N(C)C)c(CN(C[C@H]2CCCO2)C(=O)CC(C)(C)C)c1. The van der Waals surface area contributed by atoms with Crippen LogP contribution in [0.5, 0.6) is 0 Å². The first kappa shape index (κ1) is 25.0. The van der Waals surface area contributed by atoms with Crippen LogP contribution < -0.4 is 15.5 Å². The van der Waals surface area contributed by atoms with Gasteiger partial charge in [0.05, 0.1) is 6.10 Å². The van der Waals surface area contributed by atoms with E-state index in [1.807, 2.05) is 55.9 Å². The molecule has 0 spiro atoms.